The summed E-state index contributed by atoms with van der Waals surface area (Å²) < 4.78 is 1.84. The van der Waals surface area contributed by atoms with Gasteiger partial charge in [-0.15, -0.1) is 0 Å². The highest BCUT2D eigenvalue weighted by Crippen LogP contribution is 2.29. The van der Waals surface area contributed by atoms with Crippen molar-refractivity contribution in [3.05, 3.63) is 62.0 Å². The Labute approximate surface area is 118 Å². The lowest BCUT2D eigenvalue weighted by Gasteiger charge is -2.07. The first kappa shape index (κ1) is 12.7. The minimum absolute atomic E-state index is 0.324. The average Bonchev–Trinajstić information content (AvgIpc) is 2.29. The topological polar surface area (TPSA) is 20.2 Å². The Morgan fingerprint density at radius 2 is 1.65 bits per heavy atom. The number of halogens is 2. The molecule has 2 rings (SSSR count). The van der Waals surface area contributed by atoms with Gasteiger partial charge in [-0.3, -0.25) is 0 Å². The van der Waals surface area contributed by atoms with Crippen molar-refractivity contribution < 1.29 is 5.11 Å². The third-order valence-electron chi connectivity index (χ3n) is 2.64. The first-order valence-corrected chi connectivity index (χ1v) is 6.87. The maximum Gasteiger partial charge on any atom is 0.132 e. The zero-order chi connectivity index (χ0) is 12.4. The number of benzene rings is 2. The summed E-state index contributed by atoms with van der Waals surface area (Å²) in [5.41, 5.74) is 3.34. The van der Waals surface area contributed by atoms with E-state index in [1.165, 1.54) is 11.1 Å². The van der Waals surface area contributed by atoms with Gasteiger partial charge in [-0.2, -0.15) is 0 Å². The number of aryl methyl sites for hydroxylation is 1. The molecule has 0 aromatic heterocycles. The van der Waals surface area contributed by atoms with E-state index in [1.54, 1.807) is 0 Å². The van der Waals surface area contributed by atoms with E-state index in [9.17, 15) is 5.11 Å². The Kier molecular flexibility index (Phi) is 3.89. The van der Waals surface area contributed by atoms with Crippen LogP contribution in [0.15, 0.2) is 45.3 Å². The summed E-state index contributed by atoms with van der Waals surface area (Å²) in [7, 11) is 0. The first-order valence-electron chi connectivity index (χ1n) is 5.28. The summed E-state index contributed by atoms with van der Waals surface area (Å²) >= 11 is 6.79. The third-order valence-corrected chi connectivity index (χ3v) is 3.77. The molecule has 2 aromatic carbocycles. The van der Waals surface area contributed by atoms with Crippen LogP contribution >= 0.6 is 31.9 Å². The van der Waals surface area contributed by atoms with Crippen molar-refractivity contribution in [3.63, 3.8) is 0 Å². The minimum atomic E-state index is 0.324. The van der Waals surface area contributed by atoms with Gasteiger partial charge in [-0.1, -0.05) is 34.1 Å². The van der Waals surface area contributed by atoms with E-state index in [4.69, 9.17) is 0 Å². The van der Waals surface area contributed by atoms with E-state index in [2.05, 4.69) is 44.0 Å². The van der Waals surface area contributed by atoms with Crippen LogP contribution in [0.2, 0.25) is 0 Å². The summed E-state index contributed by atoms with van der Waals surface area (Å²) in [6, 6.07) is 12.3. The van der Waals surface area contributed by atoms with Gasteiger partial charge in [-0.25, -0.2) is 0 Å². The van der Waals surface area contributed by atoms with Crippen LogP contribution in [-0.4, -0.2) is 5.11 Å². The van der Waals surface area contributed by atoms with Crippen LogP contribution in [0, 0.1) is 6.92 Å². The van der Waals surface area contributed by atoms with Gasteiger partial charge in [0, 0.05) is 4.47 Å². The van der Waals surface area contributed by atoms with Gasteiger partial charge in [0.25, 0.3) is 0 Å². The number of hydrogen-bond donors (Lipinski definition) is 1. The molecule has 0 aliphatic rings. The van der Waals surface area contributed by atoms with Crippen LogP contribution in [0.4, 0.5) is 0 Å². The van der Waals surface area contributed by atoms with Crippen LogP contribution < -0.4 is 0 Å². The lowest BCUT2D eigenvalue weighted by atomic mass is 10.0. The SMILES string of the molecule is Cc1cc(Cc2ccc(Br)cc2)cc(Br)c1O. The fourth-order valence-corrected chi connectivity index (χ4v) is 2.62. The molecule has 0 bridgehead atoms. The Morgan fingerprint density at radius 3 is 2.24 bits per heavy atom. The highest BCUT2D eigenvalue weighted by Gasteiger charge is 2.05. The summed E-state index contributed by atoms with van der Waals surface area (Å²) in [5.74, 6) is 0.324. The van der Waals surface area contributed by atoms with Crippen molar-refractivity contribution in [1.82, 2.24) is 0 Å². The summed E-state index contributed by atoms with van der Waals surface area (Å²) in [6.45, 7) is 1.91. The Balaban J connectivity index is 2.27. The quantitative estimate of drug-likeness (QED) is 0.819. The lowest BCUT2D eigenvalue weighted by Crippen LogP contribution is -1.90. The first-order chi connectivity index (χ1) is 8.06. The molecule has 0 aliphatic heterocycles. The smallest absolute Gasteiger partial charge is 0.132 e. The molecular weight excluding hydrogens is 344 g/mol. The Morgan fingerprint density at radius 1 is 1.00 bits per heavy atom. The van der Waals surface area contributed by atoms with Gasteiger partial charge in [0.15, 0.2) is 0 Å². The number of phenolic OH excluding ortho intramolecular Hbond substituents is 1. The van der Waals surface area contributed by atoms with E-state index in [0.717, 1.165) is 20.9 Å². The van der Waals surface area contributed by atoms with E-state index in [-0.39, 0.29) is 0 Å². The van der Waals surface area contributed by atoms with Gasteiger partial charge >= 0.3 is 0 Å². The average molecular weight is 356 g/mol. The van der Waals surface area contributed by atoms with Gasteiger partial charge in [0.1, 0.15) is 5.75 Å². The maximum atomic E-state index is 9.68. The maximum absolute atomic E-state index is 9.68. The molecule has 0 saturated heterocycles. The molecule has 3 heteroatoms. The predicted molar refractivity (Wildman–Crippen MR) is 77.5 cm³/mol. The molecule has 0 spiro atoms. The number of rotatable bonds is 2. The second kappa shape index (κ2) is 5.23. The standard InChI is InChI=1S/C14H12Br2O/c1-9-6-11(8-13(16)14(9)17)7-10-2-4-12(15)5-3-10/h2-6,8,17H,7H2,1H3. The zero-order valence-electron chi connectivity index (χ0n) is 9.37. The molecule has 0 aliphatic carbocycles. The van der Waals surface area contributed by atoms with Gasteiger partial charge in [0.05, 0.1) is 4.47 Å². The molecule has 1 N–H and O–H groups in total. The molecule has 0 fully saturated rings. The van der Waals surface area contributed by atoms with Gasteiger partial charge < -0.3 is 5.11 Å². The van der Waals surface area contributed by atoms with E-state index < -0.39 is 0 Å². The van der Waals surface area contributed by atoms with Crippen molar-refractivity contribution in [2.45, 2.75) is 13.3 Å². The van der Waals surface area contributed by atoms with Crippen molar-refractivity contribution in [2.24, 2.45) is 0 Å². The van der Waals surface area contributed by atoms with Crippen LogP contribution in [0.1, 0.15) is 16.7 Å². The predicted octanol–water partition coefficient (Wildman–Crippen LogP) is 4.82. The van der Waals surface area contributed by atoms with E-state index >= 15 is 0 Å². The van der Waals surface area contributed by atoms with Gasteiger partial charge in [0.2, 0.25) is 0 Å². The highest BCUT2D eigenvalue weighted by molar-refractivity contribution is 9.10. The zero-order valence-corrected chi connectivity index (χ0v) is 12.5. The fourth-order valence-electron chi connectivity index (χ4n) is 1.75. The molecule has 2 aromatic rings. The molecule has 17 heavy (non-hydrogen) atoms. The number of hydrogen-bond acceptors (Lipinski definition) is 1. The van der Waals surface area contributed by atoms with Crippen molar-refractivity contribution in [1.29, 1.82) is 0 Å². The van der Waals surface area contributed by atoms with Crippen LogP contribution in [0.25, 0.3) is 0 Å². The monoisotopic (exact) mass is 354 g/mol. The van der Waals surface area contributed by atoms with E-state index in [0.29, 0.717) is 5.75 Å². The molecule has 1 nitrogen and oxygen atoms in total. The second-order valence-electron chi connectivity index (χ2n) is 4.05. The van der Waals surface area contributed by atoms with Crippen molar-refractivity contribution in [3.8, 4) is 5.75 Å². The molecular formula is C14H12Br2O. The van der Waals surface area contributed by atoms with E-state index in [1.807, 2.05) is 31.2 Å². The molecule has 0 heterocycles. The third kappa shape index (κ3) is 3.11. The largest absolute Gasteiger partial charge is 0.506 e. The van der Waals surface area contributed by atoms with Crippen molar-refractivity contribution >= 4 is 31.9 Å². The lowest BCUT2D eigenvalue weighted by molar-refractivity contribution is 0.467. The second-order valence-corrected chi connectivity index (χ2v) is 5.82. The number of phenols is 1. The normalized spacial score (nSPS) is 10.5. The summed E-state index contributed by atoms with van der Waals surface area (Å²) in [6.07, 6.45) is 0.868. The molecule has 0 unspecified atom stereocenters. The van der Waals surface area contributed by atoms with Gasteiger partial charge in [-0.05, 0) is 64.2 Å². The Bertz CT molecular complexity index is 509. The fraction of sp³-hybridized carbons (Fsp3) is 0.143. The van der Waals surface area contributed by atoms with Crippen LogP contribution in [0.3, 0.4) is 0 Å². The van der Waals surface area contributed by atoms with Crippen LogP contribution in [0.5, 0.6) is 5.75 Å². The highest BCUT2D eigenvalue weighted by atomic mass is 79.9. The van der Waals surface area contributed by atoms with Crippen molar-refractivity contribution in [2.75, 3.05) is 0 Å². The molecule has 0 saturated carbocycles. The summed E-state index contributed by atoms with van der Waals surface area (Å²) in [4.78, 5) is 0. The molecule has 0 atom stereocenters. The molecule has 0 amide bonds. The van der Waals surface area contributed by atoms with Crippen LogP contribution in [-0.2, 0) is 6.42 Å². The minimum Gasteiger partial charge on any atom is -0.506 e. The summed E-state index contributed by atoms with van der Waals surface area (Å²) in [5, 5.41) is 9.68. The molecule has 0 radical (unpaired) electrons. The number of aromatic hydroxyl groups is 1. The molecule has 88 valence electrons. The Hall–Kier alpha value is -0.800.